The van der Waals surface area contributed by atoms with E-state index in [4.69, 9.17) is 5.11 Å². The molecule has 9 heteroatoms. The normalized spacial score (nSPS) is 22.6. The molecule has 0 aromatic carbocycles. The second-order valence-electron chi connectivity index (χ2n) is 5.33. The second-order valence-corrected chi connectivity index (χ2v) is 5.33. The van der Waals surface area contributed by atoms with E-state index < -0.39 is 5.97 Å². The van der Waals surface area contributed by atoms with Gasteiger partial charge in [-0.2, -0.15) is 0 Å². The molecule has 1 unspecified atom stereocenters. The monoisotopic (exact) mass is 293 g/mol. The lowest BCUT2D eigenvalue weighted by molar-refractivity contribution is -0.143. The van der Waals surface area contributed by atoms with E-state index in [9.17, 15) is 14.4 Å². The Bertz CT molecular complexity index is 582. The second kappa shape index (κ2) is 5.15. The Morgan fingerprint density at radius 1 is 1.38 bits per heavy atom. The van der Waals surface area contributed by atoms with Gasteiger partial charge in [0.1, 0.15) is 0 Å². The fourth-order valence-corrected chi connectivity index (χ4v) is 2.56. The summed E-state index contributed by atoms with van der Waals surface area (Å²) in [4.78, 5) is 35.7. The molecule has 112 valence electrons. The van der Waals surface area contributed by atoms with Crippen molar-refractivity contribution < 1.29 is 19.5 Å². The summed E-state index contributed by atoms with van der Waals surface area (Å²) in [6, 6.07) is -0.0345. The molecule has 1 aromatic rings. The van der Waals surface area contributed by atoms with Crippen LogP contribution >= 0.6 is 0 Å². The van der Waals surface area contributed by atoms with E-state index in [-0.39, 0.29) is 29.5 Å². The first-order chi connectivity index (χ1) is 10.0. The van der Waals surface area contributed by atoms with Gasteiger partial charge in [0.05, 0.1) is 18.2 Å². The Morgan fingerprint density at radius 2 is 2.14 bits per heavy atom. The maximum Gasteiger partial charge on any atom is 0.358 e. The largest absolute Gasteiger partial charge is 0.476 e. The van der Waals surface area contributed by atoms with Gasteiger partial charge in [0.15, 0.2) is 5.69 Å². The molecular formula is C12H15N5O4. The van der Waals surface area contributed by atoms with Crippen molar-refractivity contribution in [2.24, 2.45) is 5.92 Å². The fraction of sp³-hybridized carbons (Fsp3) is 0.583. The number of carbonyl (C=O) groups is 3. The summed E-state index contributed by atoms with van der Waals surface area (Å²) in [5, 5.41) is 18.8. The molecule has 1 atom stereocenters. The first-order valence-electron chi connectivity index (χ1n) is 6.75. The molecule has 9 nitrogen and oxygen atoms in total. The van der Waals surface area contributed by atoms with E-state index in [0.29, 0.717) is 32.5 Å². The average molecular weight is 293 g/mol. The van der Waals surface area contributed by atoms with Crippen LogP contribution in [0.4, 0.5) is 0 Å². The summed E-state index contributed by atoms with van der Waals surface area (Å²) in [5.74, 6) is -1.25. The van der Waals surface area contributed by atoms with Crippen molar-refractivity contribution in [3.05, 3.63) is 11.9 Å². The molecule has 2 fully saturated rings. The molecule has 0 spiro atoms. The summed E-state index contributed by atoms with van der Waals surface area (Å²) < 4.78 is 1.48. The molecule has 0 saturated carbocycles. The quantitative estimate of drug-likeness (QED) is 0.729. The third-order valence-electron chi connectivity index (χ3n) is 3.89. The van der Waals surface area contributed by atoms with Gasteiger partial charge < -0.3 is 15.3 Å². The van der Waals surface area contributed by atoms with Gasteiger partial charge in [0.2, 0.25) is 11.8 Å². The van der Waals surface area contributed by atoms with Crippen LogP contribution in [0.2, 0.25) is 0 Å². The number of piperidine rings is 1. The number of aromatic carboxylic acids is 1. The van der Waals surface area contributed by atoms with Crippen LogP contribution in [-0.4, -0.2) is 62.4 Å². The van der Waals surface area contributed by atoms with Crippen LogP contribution < -0.4 is 5.32 Å². The molecule has 2 N–H and O–H groups in total. The summed E-state index contributed by atoms with van der Waals surface area (Å²) in [7, 11) is 0. The third kappa shape index (κ3) is 2.58. The van der Waals surface area contributed by atoms with Gasteiger partial charge in [-0.15, -0.1) is 5.10 Å². The number of amides is 2. The molecule has 1 aromatic heterocycles. The van der Waals surface area contributed by atoms with Crippen molar-refractivity contribution in [3.63, 3.8) is 0 Å². The van der Waals surface area contributed by atoms with E-state index in [0.717, 1.165) is 0 Å². The third-order valence-corrected chi connectivity index (χ3v) is 3.89. The van der Waals surface area contributed by atoms with Crippen molar-refractivity contribution in [1.82, 2.24) is 25.2 Å². The number of carboxylic acids is 1. The zero-order valence-electron chi connectivity index (χ0n) is 11.2. The van der Waals surface area contributed by atoms with E-state index in [1.807, 2.05) is 0 Å². The minimum absolute atomic E-state index is 0.00986. The predicted molar refractivity (Wildman–Crippen MR) is 68.3 cm³/mol. The molecule has 3 heterocycles. The lowest BCUT2D eigenvalue weighted by Crippen LogP contribution is -2.55. The van der Waals surface area contributed by atoms with Crippen LogP contribution in [-0.2, 0) is 9.59 Å². The summed E-state index contributed by atoms with van der Waals surface area (Å²) >= 11 is 0. The minimum Gasteiger partial charge on any atom is -0.476 e. The zero-order chi connectivity index (χ0) is 15.0. The molecule has 21 heavy (non-hydrogen) atoms. The lowest BCUT2D eigenvalue weighted by Gasteiger charge is -2.41. The van der Waals surface area contributed by atoms with Crippen molar-refractivity contribution in [3.8, 4) is 0 Å². The standard InChI is InChI=1S/C12H15N5O4/c18-10-2-1-7(3-13-10)11(19)16-4-8(5-16)17-6-9(12(20)21)14-15-17/h6-8H,1-5H2,(H,13,18)(H,20,21). The zero-order valence-corrected chi connectivity index (χ0v) is 11.2. The first-order valence-corrected chi connectivity index (χ1v) is 6.75. The van der Waals surface area contributed by atoms with Crippen LogP contribution in [0, 0.1) is 5.92 Å². The number of aromatic nitrogens is 3. The number of nitrogens with one attached hydrogen (secondary N) is 1. The minimum atomic E-state index is -1.12. The van der Waals surface area contributed by atoms with Gasteiger partial charge in [0, 0.05) is 26.1 Å². The van der Waals surface area contributed by atoms with E-state index >= 15 is 0 Å². The molecular weight excluding hydrogens is 278 g/mol. The van der Waals surface area contributed by atoms with Crippen LogP contribution in [0.5, 0.6) is 0 Å². The average Bonchev–Trinajstić information content (AvgIpc) is 2.87. The lowest BCUT2D eigenvalue weighted by atomic mass is 9.95. The Labute approximate surface area is 119 Å². The number of hydrogen-bond acceptors (Lipinski definition) is 5. The highest BCUT2D eigenvalue weighted by atomic mass is 16.4. The summed E-state index contributed by atoms with van der Waals surface area (Å²) in [5.41, 5.74) is -0.102. The van der Waals surface area contributed by atoms with Crippen molar-refractivity contribution in [2.45, 2.75) is 18.9 Å². The maximum absolute atomic E-state index is 12.2. The number of carboxylic acid groups (broad SMARTS) is 1. The Balaban J connectivity index is 1.54. The molecule has 0 bridgehead atoms. The molecule has 3 rings (SSSR count). The van der Waals surface area contributed by atoms with Crippen LogP contribution in [0.15, 0.2) is 6.20 Å². The van der Waals surface area contributed by atoms with Gasteiger partial charge >= 0.3 is 5.97 Å². The van der Waals surface area contributed by atoms with Crippen LogP contribution in [0.25, 0.3) is 0 Å². The number of nitrogens with zero attached hydrogens (tertiary/aromatic N) is 4. The topological polar surface area (TPSA) is 117 Å². The SMILES string of the molecule is O=C1CCC(C(=O)N2CC(n3cc(C(=O)O)nn3)C2)CN1. The Hall–Kier alpha value is -2.45. The van der Waals surface area contributed by atoms with Crippen molar-refractivity contribution in [1.29, 1.82) is 0 Å². The van der Waals surface area contributed by atoms with Crippen LogP contribution in [0.1, 0.15) is 29.4 Å². The molecule has 2 aliphatic heterocycles. The molecule has 2 aliphatic rings. The molecule has 0 radical (unpaired) electrons. The molecule has 0 aliphatic carbocycles. The summed E-state index contributed by atoms with van der Waals surface area (Å²) in [6.45, 7) is 1.38. The van der Waals surface area contributed by atoms with Gasteiger partial charge in [-0.3, -0.25) is 9.59 Å². The van der Waals surface area contributed by atoms with E-state index in [2.05, 4.69) is 15.6 Å². The van der Waals surface area contributed by atoms with Crippen molar-refractivity contribution in [2.75, 3.05) is 19.6 Å². The Kier molecular flexibility index (Phi) is 3.32. The molecule has 2 amide bonds. The first kappa shape index (κ1) is 13.5. The smallest absolute Gasteiger partial charge is 0.358 e. The highest BCUT2D eigenvalue weighted by molar-refractivity contribution is 5.85. The number of carbonyl (C=O) groups excluding carboxylic acids is 2. The van der Waals surface area contributed by atoms with E-state index in [1.165, 1.54) is 10.9 Å². The van der Waals surface area contributed by atoms with E-state index in [1.54, 1.807) is 4.90 Å². The number of rotatable bonds is 3. The molecule has 2 saturated heterocycles. The Morgan fingerprint density at radius 3 is 2.71 bits per heavy atom. The van der Waals surface area contributed by atoms with Gasteiger partial charge in [-0.25, -0.2) is 9.48 Å². The summed E-state index contributed by atoms with van der Waals surface area (Å²) in [6.07, 6.45) is 2.34. The number of hydrogen-bond donors (Lipinski definition) is 2. The maximum atomic E-state index is 12.2. The van der Waals surface area contributed by atoms with Gasteiger partial charge in [0.25, 0.3) is 0 Å². The highest BCUT2D eigenvalue weighted by Crippen LogP contribution is 2.24. The van der Waals surface area contributed by atoms with Crippen molar-refractivity contribution >= 4 is 17.8 Å². The van der Waals surface area contributed by atoms with Gasteiger partial charge in [-0.05, 0) is 6.42 Å². The van der Waals surface area contributed by atoms with Gasteiger partial charge in [-0.1, -0.05) is 5.21 Å². The highest BCUT2D eigenvalue weighted by Gasteiger charge is 2.37. The van der Waals surface area contributed by atoms with Crippen LogP contribution in [0.3, 0.4) is 0 Å². The number of likely N-dealkylation sites (tertiary alicyclic amines) is 1. The predicted octanol–water partition coefficient (Wildman–Crippen LogP) is -1.11. The fourth-order valence-electron chi connectivity index (χ4n) is 2.56.